The van der Waals surface area contributed by atoms with E-state index >= 15 is 0 Å². The smallest absolute Gasteiger partial charge is 0.326 e. The van der Waals surface area contributed by atoms with Gasteiger partial charge < -0.3 is 42.6 Å². The number of fused-ring (bicyclic) bond motifs is 1. The van der Waals surface area contributed by atoms with Gasteiger partial charge in [-0.25, -0.2) is 4.79 Å². The third kappa shape index (κ3) is 9.90. The summed E-state index contributed by atoms with van der Waals surface area (Å²) in [6, 6.07) is 17.4. The zero-order valence-corrected chi connectivity index (χ0v) is 25.5. The van der Waals surface area contributed by atoms with Crippen LogP contribution < -0.4 is 27.4 Å². The third-order valence-electron chi connectivity index (χ3n) is 7.67. The highest BCUT2D eigenvalue weighted by Crippen LogP contribution is 2.20. The lowest BCUT2D eigenvalue weighted by Crippen LogP contribution is -2.58. The maximum atomic E-state index is 13.8. The average Bonchev–Trinajstić information content (AvgIpc) is 3.46. The maximum Gasteiger partial charge on any atom is 0.326 e. The number of phenols is 1. The van der Waals surface area contributed by atoms with E-state index in [1.165, 1.54) is 12.1 Å². The molecule has 1 aromatic heterocycles. The van der Waals surface area contributed by atoms with Crippen LogP contribution in [0.2, 0.25) is 0 Å². The molecule has 4 unspecified atom stereocenters. The molecule has 0 bridgehead atoms. The molecule has 4 atom stereocenters. The van der Waals surface area contributed by atoms with Crippen molar-refractivity contribution in [2.75, 3.05) is 0 Å². The number of carboxylic acid groups (broad SMARTS) is 1. The molecule has 4 aromatic rings. The van der Waals surface area contributed by atoms with Gasteiger partial charge in [-0.3, -0.25) is 19.2 Å². The van der Waals surface area contributed by atoms with E-state index in [1.807, 2.05) is 24.3 Å². The van der Waals surface area contributed by atoms with Crippen LogP contribution in [-0.2, 0) is 43.2 Å². The number of rotatable bonds is 16. The molecule has 1 heterocycles. The van der Waals surface area contributed by atoms with Crippen LogP contribution in [0.5, 0.6) is 5.75 Å². The summed E-state index contributed by atoms with van der Waals surface area (Å²) >= 11 is 0. The van der Waals surface area contributed by atoms with Crippen LogP contribution >= 0.6 is 0 Å². The molecular weight excluding hydrogens is 604 g/mol. The monoisotopic (exact) mass is 642 g/mol. The Balaban J connectivity index is 1.54. The van der Waals surface area contributed by atoms with Crippen LogP contribution in [0, 0.1) is 0 Å². The van der Waals surface area contributed by atoms with Crippen LogP contribution in [-0.4, -0.2) is 69.0 Å². The van der Waals surface area contributed by atoms with Gasteiger partial charge >= 0.3 is 5.97 Å². The van der Waals surface area contributed by atoms with Gasteiger partial charge in [0.15, 0.2) is 0 Å². The van der Waals surface area contributed by atoms with Crippen molar-refractivity contribution in [3.63, 3.8) is 0 Å². The molecule has 13 nitrogen and oxygen atoms in total. The predicted molar refractivity (Wildman–Crippen MR) is 174 cm³/mol. The fraction of sp³-hybridized carbons (Fsp3) is 0.265. The van der Waals surface area contributed by atoms with Crippen molar-refractivity contribution in [2.45, 2.75) is 56.3 Å². The molecular formula is C34H38N6O7. The van der Waals surface area contributed by atoms with Gasteiger partial charge in [-0.2, -0.15) is 0 Å². The lowest BCUT2D eigenvalue weighted by atomic mass is 10.0. The van der Waals surface area contributed by atoms with Crippen molar-refractivity contribution in [2.24, 2.45) is 11.5 Å². The summed E-state index contributed by atoms with van der Waals surface area (Å²) in [5.74, 6) is -4.16. The number of carbonyl (C=O) groups excluding carboxylic acids is 4. The number of amides is 4. The van der Waals surface area contributed by atoms with Crippen LogP contribution in [0.25, 0.3) is 10.9 Å². The van der Waals surface area contributed by atoms with E-state index in [2.05, 4.69) is 20.9 Å². The fourth-order valence-corrected chi connectivity index (χ4v) is 5.14. The second-order valence-electron chi connectivity index (χ2n) is 11.3. The van der Waals surface area contributed by atoms with Crippen molar-refractivity contribution in [1.29, 1.82) is 0 Å². The third-order valence-corrected chi connectivity index (χ3v) is 7.67. The van der Waals surface area contributed by atoms with Gasteiger partial charge in [0.05, 0.1) is 6.04 Å². The Bertz CT molecular complexity index is 1710. The average molecular weight is 643 g/mol. The van der Waals surface area contributed by atoms with Crippen LogP contribution in [0.1, 0.15) is 29.5 Å². The number of nitrogens with one attached hydrogen (secondary N) is 4. The van der Waals surface area contributed by atoms with Crippen molar-refractivity contribution in [1.82, 2.24) is 20.9 Å². The number of aromatic hydroxyl groups is 1. The zero-order chi connectivity index (χ0) is 33.9. The van der Waals surface area contributed by atoms with Gasteiger partial charge in [-0.15, -0.1) is 0 Å². The molecule has 0 aliphatic rings. The highest BCUT2D eigenvalue weighted by molar-refractivity contribution is 5.95. The van der Waals surface area contributed by atoms with Gasteiger partial charge in [-0.05, 0) is 47.7 Å². The van der Waals surface area contributed by atoms with E-state index in [4.69, 9.17) is 11.5 Å². The summed E-state index contributed by atoms with van der Waals surface area (Å²) in [6.45, 7) is 0. The fourth-order valence-electron chi connectivity index (χ4n) is 5.14. The summed E-state index contributed by atoms with van der Waals surface area (Å²) in [5, 5.41) is 27.9. The number of phenolic OH excluding ortho intramolecular Hbond substituents is 1. The van der Waals surface area contributed by atoms with E-state index < -0.39 is 53.8 Å². The van der Waals surface area contributed by atoms with Gasteiger partial charge in [0, 0.05) is 36.4 Å². The summed E-state index contributed by atoms with van der Waals surface area (Å²) in [6.07, 6.45) is 1.35. The molecule has 47 heavy (non-hydrogen) atoms. The molecule has 0 spiro atoms. The number of carboxylic acids is 1. The van der Waals surface area contributed by atoms with Crippen LogP contribution in [0.15, 0.2) is 85.1 Å². The van der Waals surface area contributed by atoms with Gasteiger partial charge in [0.2, 0.25) is 23.6 Å². The number of H-pyrrole nitrogens is 1. The first kappa shape index (κ1) is 34.2. The van der Waals surface area contributed by atoms with Gasteiger partial charge in [0.25, 0.3) is 0 Å². The van der Waals surface area contributed by atoms with E-state index in [9.17, 15) is 34.2 Å². The number of carbonyl (C=O) groups is 5. The number of hydrogen-bond acceptors (Lipinski definition) is 7. The van der Waals surface area contributed by atoms with Crippen molar-refractivity contribution in [3.8, 4) is 5.75 Å². The second kappa shape index (κ2) is 16.0. The lowest BCUT2D eigenvalue weighted by Gasteiger charge is -2.25. The predicted octanol–water partition coefficient (Wildman–Crippen LogP) is 1.03. The minimum Gasteiger partial charge on any atom is -0.508 e. The molecule has 0 radical (unpaired) electrons. The maximum absolute atomic E-state index is 13.8. The molecule has 10 N–H and O–H groups in total. The number of para-hydroxylation sites is 1. The van der Waals surface area contributed by atoms with Gasteiger partial charge in [0.1, 0.15) is 23.9 Å². The molecule has 0 aliphatic heterocycles. The topological polar surface area (TPSA) is 230 Å². The first-order valence-electron chi connectivity index (χ1n) is 15.0. The number of benzene rings is 3. The second-order valence-corrected chi connectivity index (χ2v) is 11.3. The molecule has 13 heteroatoms. The van der Waals surface area contributed by atoms with Gasteiger partial charge in [-0.1, -0.05) is 60.7 Å². The Kier molecular flexibility index (Phi) is 11.7. The minimum atomic E-state index is -1.35. The summed E-state index contributed by atoms with van der Waals surface area (Å²) < 4.78 is 0. The van der Waals surface area contributed by atoms with E-state index in [1.54, 1.807) is 48.7 Å². The number of nitrogens with two attached hydrogens (primary N) is 2. The van der Waals surface area contributed by atoms with Crippen LogP contribution in [0.3, 0.4) is 0 Å². The number of hydrogen-bond donors (Lipinski definition) is 8. The van der Waals surface area contributed by atoms with Crippen molar-refractivity contribution in [3.05, 3.63) is 102 Å². The number of aromatic nitrogens is 1. The highest BCUT2D eigenvalue weighted by atomic mass is 16.4. The Morgan fingerprint density at radius 1 is 0.702 bits per heavy atom. The number of primary amides is 1. The first-order valence-corrected chi connectivity index (χ1v) is 15.0. The molecule has 3 aromatic carbocycles. The standard InChI is InChI=1S/C34H38N6O7/c35-25(16-21-10-12-23(41)13-11-21)31(43)39-28(18-22-19-37-26-9-5-4-8-24(22)26)33(45)38-27(14-15-30(36)42)32(44)40-29(34(46)47)17-20-6-2-1-3-7-20/h1-13,19,25,27-29,37,41H,14-18,35H2,(H2,36,42)(H,38,45)(H,39,43)(H,40,44)(H,46,47). The SMILES string of the molecule is NC(=O)CCC(NC(=O)C(Cc1c[nH]c2ccccc12)NC(=O)C(N)Cc1ccc(O)cc1)C(=O)NC(Cc1ccccc1)C(=O)O. The van der Waals surface area contributed by atoms with E-state index in [0.717, 1.165) is 10.9 Å². The summed E-state index contributed by atoms with van der Waals surface area (Å²) in [4.78, 5) is 67.3. The molecule has 0 fully saturated rings. The summed E-state index contributed by atoms with van der Waals surface area (Å²) in [5.41, 5.74) is 14.4. The molecule has 4 amide bonds. The van der Waals surface area contributed by atoms with Crippen LogP contribution in [0.4, 0.5) is 0 Å². The molecule has 0 saturated heterocycles. The zero-order valence-electron chi connectivity index (χ0n) is 25.5. The molecule has 0 aliphatic carbocycles. The molecule has 0 saturated carbocycles. The van der Waals surface area contributed by atoms with E-state index in [0.29, 0.717) is 16.7 Å². The largest absolute Gasteiger partial charge is 0.508 e. The first-order chi connectivity index (χ1) is 22.5. The lowest BCUT2D eigenvalue weighted by molar-refractivity contribution is -0.142. The Morgan fingerprint density at radius 3 is 1.98 bits per heavy atom. The number of aliphatic carboxylic acids is 1. The normalized spacial score (nSPS) is 13.6. The summed E-state index contributed by atoms with van der Waals surface area (Å²) in [7, 11) is 0. The minimum absolute atomic E-state index is 0.0173. The quantitative estimate of drug-likeness (QED) is 0.0878. The number of aromatic amines is 1. The molecule has 4 rings (SSSR count). The highest BCUT2D eigenvalue weighted by Gasteiger charge is 2.31. The molecule has 246 valence electrons. The Morgan fingerprint density at radius 2 is 1.30 bits per heavy atom. The van der Waals surface area contributed by atoms with Crippen molar-refractivity contribution < 1.29 is 34.2 Å². The Hall–Kier alpha value is -5.69. The van der Waals surface area contributed by atoms with E-state index in [-0.39, 0.29) is 37.9 Å². The Labute approximate surface area is 270 Å². The van der Waals surface area contributed by atoms with Crippen molar-refractivity contribution >= 4 is 40.5 Å².